The van der Waals surface area contributed by atoms with Crippen molar-refractivity contribution in [3.63, 3.8) is 0 Å². The third-order valence-electron chi connectivity index (χ3n) is 1.68. The van der Waals surface area contributed by atoms with E-state index < -0.39 is 6.09 Å². The largest absolute Gasteiger partial charge is 0.448 e. The van der Waals surface area contributed by atoms with Crippen LogP contribution in [0.5, 0.6) is 0 Å². The quantitative estimate of drug-likeness (QED) is 0.748. The summed E-state index contributed by atoms with van der Waals surface area (Å²) < 4.78 is 4.81. The zero-order valence-electron chi connectivity index (χ0n) is 8.57. The zero-order chi connectivity index (χ0) is 11.3. The van der Waals surface area contributed by atoms with Gasteiger partial charge in [-0.3, -0.25) is 4.84 Å². The van der Waals surface area contributed by atoms with Crippen LogP contribution in [0.3, 0.4) is 0 Å². The minimum Gasteiger partial charge on any atom is -0.448 e. The SMILES string of the molecule is CCOC(=O)N(OC)c1ccc(Cl)cc1. The number of amides is 1. The second-order valence-electron chi connectivity index (χ2n) is 2.65. The fourth-order valence-corrected chi connectivity index (χ4v) is 1.17. The first-order chi connectivity index (χ1) is 7.19. The van der Waals surface area contributed by atoms with Crippen LogP contribution in [-0.4, -0.2) is 19.8 Å². The van der Waals surface area contributed by atoms with Gasteiger partial charge in [0.05, 0.1) is 19.4 Å². The molecule has 0 spiro atoms. The highest BCUT2D eigenvalue weighted by Crippen LogP contribution is 2.18. The van der Waals surface area contributed by atoms with Gasteiger partial charge in [0, 0.05) is 5.02 Å². The summed E-state index contributed by atoms with van der Waals surface area (Å²) in [5.41, 5.74) is 0.570. The maximum Gasteiger partial charge on any atom is 0.438 e. The summed E-state index contributed by atoms with van der Waals surface area (Å²) in [6.07, 6.45) is -0.553. The summed E-state index contributed by atoms with van der Waals surface area (Å²) in [5, 5.41) is 1.65. The first-order valence-corrected chi connectivity index (χ1v) is 4.83. The predicted molar refractivity (Wildman–Crippen MR) is 58.0 cm³/mol. The van der Waals surface area contributed by atoms with Gasteiger partial charge < -0.3 is 4.74 Å². The normalized spacial score (nSPS) is 9.80. The van der Waals surface area contributed by atoms with E-state index in [-0.39, 0.29) is 0 Å². The molecule has 0 aliphatic carbocycles. The summed E-state index contributed by atoms with van der Waals surface area (Å²) >= 11 is 5.72. The highest BCUT2D eigenvalue weighted by Gasteiger charge is 2.16. The lowest BCUT2D eigenvalue weighted by Gasteiger charge is -2.18. The minimum atomic E-state index is -0.553. The molecule has 0 N–H and O–H groups in total. The number of hydrogen-bond acceptors (Lipinski definition) is 3. The molecule has 0 aromatic heterocycles. The molecule has 0 heterocycles. The summed E-state index contributed by atoms with van der Waals surface area (Å²) in [6.45, 7) is 2.03. The monoisotopic (exact) mass is 229 g/mol. The molecule has 0 fully saturated rings. The van der Waals surface area contributed by atoms with Gasteiger partial charge in [0.25, 0.3) is 0 Å². The number of benzene rings is 1. The fourth-order valence-electron chi connectivity index (χ4n) is 1.04. The molecule has 0 aliphatic rings. The second kappa shape index (κ2) is 5.58. The number of carbonyl (C=O) groups is 1. The summed E-state index contributed by atoms with van der Waals surface area (Å²) in [7, 11) is 1.39. The molecule has 82 valence electrons. The van der Waals surface area contributed by atoms with Crippen molar-refractivity contribution >= 4 is 23.4 Å². The molecule has 0 unspecified atom stereocenters. The molecule has 5 heteroatoms. The van der Waals surface area contributed by atoms with Crippen LogP contribution in [0, 0.1) is 0 Å². The maximum absolute atomic E-state index is 11.4. The van der Waals surface area contributed by atoms with Gasteiger partial charge in [-0.1, -0.05) is 11.6 Å². The Kier molecular flexibility index (Phi) is 4.39. The summed E-state index contributed by atoms with van der Waals surface area (Å²) in [4.78, 5) is 16.3. The second-order valence-corrected chi connectivity index (χ2v) is 3.09. The molecule has 1 rings (SSSR count). The van der Waals surface area contributed by atoms with Crippen molar-refractivity contribution in [3.05, 3.63) is 29.3 Å². The van der Waals surface area contributed by atoms with E-state index in [0.717, 1.165) is 5.06 Å². The molecule has 0 saturated carbocycles. The van der Waals surface area contributed by atoms with Gasteiger partial charge in [-0.25, -0.2) is 4.79 Å². The van der Waals surface area contributed by atoms with E-state index >= 15 is 0 Å². The highest BCUT2D eigenvalue weighted by molar-refractivity contribution is 6.30. The number of halogens is 1. The molecule has 1 amide bonds. The van der Waals surface area contributed by atoms with Crippen LogP contribution in [0.2, 0.25) is 5.02 Å². The van der Waals surface area contributed by atoms with Crippen molar-refractivity contribution in [2.45, 2.75) is 6.92 Å². The molecule has 0 saturated heterocycles. The molecular formula is C10H12ClNO3. The van der Waals surface area contributed by atoms with E-state index in [1.165, 1.54) is 7.11 Å². The third-order valence-corrected chi connectivity index (χ3v) is 1.93. The average Bonchev–Trinajstić information content (AvgIpc) is 2.22. The van der Waals surface area contributed by atoms with Crippen LogP contribution < -0.4 is 5.06 Å². The summed E-state index contributed by atoms with van der Waals surface area (Å²) in [5.74, 6) is 0. The Labute approximate surface area is 93.3 Å². The van der Waals surface area contributed by atoms with Crippen molar-refractivity contribution in [2.24, 2.45) is 0 Å². The van der Waals surface area contributed by atoms with Gasteiger partial charge in [-0.15, -0.1) is 0 Å². The lowest BCUT2D eigenvalue weighted by Crippen LogP contribution is -2.30. The molecule has 4 nitrogen and oxygen atoms in total. The Morgan fingerprint density at radius 1 is 1.40 bits per heavy atom. The number of anilines is 1. The maximum atomic E-state index is 11.4. The van der Waals surface area contributed by atoms with E-state index in [0.29, 0.717) is 17.3 Å². The molecule has 0 aliphatic heterocycles. The summed E-state index contributed by atoms with van der Waals surface area (Å²) in [6, 6.07) is 6.68. The van der Waals surface area contributed by atoms with E-state index in [9.17, 15) is 4.79 Å². The molecular weight excluding hydrogens is 218 g/mol. The average molecular weight is 230 g/mol. The molecule has 0 bridgehead atoms. The molecule has 1 aromatic rings. The lowest BCUT2D eigenvalue weighted by molar-refractivity contribution is 0.104. The number of nitrogens with zero attached hydrogens (tertiary/aromatic N) is 1. The number of ether oxygens (including phenoxy) is 1. The van der Waals surface area contributed by atoms with Crippen molar-refractivity contribution in [3.8, 4) is 0 Å². The number of hydrogen-bond donors (Lipinski definition) is 0. The Balaban J connectivity index is 2.82. The van der Waals surface area contributed by atoms with E-state index in [4.69, 9.17) is 21.2 Å². The first kappa shape index (κ1) is 11.8. The number of carbonyl (C=O) groups excluding carboxylic acids is 1. The topological polar surface area (TPSA) is 38.8 Å². The fraction of sp³-hybridized carbons (Fsp3) is 0.300. The van der Waals surface area contributed by atoms with Gasteiger partial charge in [0.1, 0.15) is 0 Å². The van der Waals surface area contributed by atoms with Crippen LogP contribution >= 0.6 is 11.6 Å². The Hall–Kier alpha value is -1.26. The highest BCUT2D eigenvalue weighted by atomic mass is 35.5. The number of rotatable bonds is 3. The van der Waals surface area contributed by atoms with Crippen LogP contribution in [0.4, 0.5) is 10.5 Å². The molecule has 0 atom stereocenters. The van der Waals surface area contributed by atoms with Gasteiger partial charge in [-0.05, 0) is 31.2 Å². The Morgan fingerprint density at radius 3 is 2.47 bits per heavy atom. The zero-order valence-corrected chi connectivity index (χ0v) is 9.32. The van der Waals surface area contributed by atoms with Crippen molar-refractivity contribution in [1.29, 1.82) is 0 Å². The van der Waals surface area contributed by atoms with Gasteiger partial charge in [0.15, 0.2) is 0 Å². The molecule has 1 aromatic carbocycles. The minimum absolute atomic E-state index is 0.298. The van der Waals surface area contributed by atoms with E-state index in [2.05, 4.69) is 0 Å². The molecule has 0 radical (unpaired) electrons. The smallest absolute Gasteiger partial charge is 0.438 e. The number of hydroxylamine groups is 1. The van der Waals surface area contributed by atoms with Crippen LogP contribution in [0.15, 0.2) is 24.3 Å². The van der Waals surface area contributed by atoms with Crippen molar-refractivity contribution < 1.29 is 14.4 Å². The first-order valence-electron chi connectivity index (χ1n) is 4.45. The molecule has 15 heavy (non-hydrogen) atoms. The third kappa shape index (κ3) is 3.11. The van der Waals surface area contributed by atoms with E-state index in [1.807, 2.05) is 0 Å². The lowest BCUT2D eigenvalue weighted by atomic mass is 10.3. The standard InChI is InChI=1S/C10H12ClNO3/c1-3-15-10(13)12(14-2)9-6-4-8(11)5-7-9/h4-7H,3H2,1-2H3. The predicted octanol–water partition coefficient (Wildman–Crippen LogP) is 2.86. The van der Waals surface area contributed by atoms with Crippen LogP contribution in [0.25, 0.3) is 0 Å². The van der Waals surface area contributed by atoms with Crippen LogP contribution in [-0.2, 0) is 9.57 Å². The van der Waals surface area contributed by atoms with Gasteiger partial charge in [0.2, 0.25) is 0 Å². The van der Waals surface area contributed by atoms with E-state index in [1.54, 1.807) is 31.2 Å². The van der Waals surface area contributed by atoms with Crippen LogP contribution in [0.1, 0.15) is 6.92 Å². The van der Waals surface area contributed by atoms with Gasteiger partial charge in [-0.2, -0.15) is 5.06 Å². The Morgan fingerprint density at radius 2 is 2.00 bits per heavy atom. The van der Waals surface area contributed by atoms with Crippen molar-refractivity contribution in [1.82, 2.24) is 0 Å². The van der Waals surface area contributed by atoms with Crippen molar-refractivity contribution in [2.75, 3.05) is 18.8 Å². The van der Waals surface area contributed by atoms with Gasteiger partial charge >= 0.3 is 6.09 Å². The Bertz CT molecular complexity index is 326.